The van der Waals surface area contributed by atoms with E-state index >= 15 is 0 Å². The van der Waals surface area contributed by atoms with Gasteiger partial charge in [-0.15, -0.1) is 11.3 Å². The summed E-state index contributed by atoms with van der Waals surface area (Å²) in [6.07, 6.45) is 7.31. The number of aromatic nitrogens is 3. The van der Waals surface area contributed by atoms with Gasteiger partial charge in [0.25, 0.3) is 0 Å². The molecule has 1 atom stereocenters. The predicted octanol–water partition coefficient (Wildman–Crippen LogP) is 2.99. The Bertz CT molecular complexity index is 1080. The standard InChI is InChI=1S/C22H24N4O3S/c1-29-22(28)18(27)13-7-10-26(11-8-13)20-17-15-5-2-6-16(15)30-21(17)25-19(24-20)14-4-3-9-23-12-14/h3-4,9,12-13,18,27H,2,5-8,10-11H2,1H3. The van der Waals surface area contributed by atoms with Gasteiger partial charge in [-0.2, -0.15) is 0 Å². The van der Waals surface area contributed by atoms with Crippen molar-refractivity contribution in [3.05, 3.63) is 35.0 Å². The topological polar surface area (TPSA) is 88.4 Å². The van der Waals surface area contributed by atoms with Gasteiger partial charge in [0.15, 0.2) is 11.9 Å². The van der Waals surface area contributed by atoms with Crippen molar-refractivity contribution in [2.75, 3.05) is 25.1 Å². The Balaban J connectivity index is 1.51. The number of ether oxygens (including phenoxy) is 1. The molecule has 8 heteroatoms. The van der Waals surface area contributed by atoms with Crippen LogP contribution in [0.15, 0.2) is 24.5 Å². The van der Waals surface area contributed by atoms with Crippen LogP contribution in [0.3, 0.4) is 0 Å². The molecular formula is C22H24N4O3S. The molecule has 1 saturated heterocycles. The van der Waals surface area contributed by atoms with E-state index in [1.807, 2.05) is 12.1 Å². The zero-order chi connectivity index (χ0) is 20.7. The largest absolute Gasteiger partial charge is 0.467 e. The number of carbonyl (C=O) groups is 1. The summed E-state index contributed by atoms with van der Waals surface area (Å²) in [7, 11) is 1.31. The lowest BCUT2D eigenvalue weighted by atomic mass is 9.91. The molecule has 1 N–H and O–H groups in total. The first kappa shape index (κ1) is 19.4. The number of aliphatic hydroxyl groups excluding tert-OH is 1. The fraction of sp³-hybridized carbons (Fsp3) is 0.455. The number of piperidine rings is 1. The predicted molar refractivity (Wildman–Crippen MR) is 116 cm³/mol. The van der Waals surface area contributed by atoms with Gasteiger partial charge in [-0.05, 0) is 55.7 Å². The number of anilines is 1. The Hall–Kier alpha value is -2.58. The molecule has 2 aliphatic rings. The number of nitrogens with zero attached hydrogens (tertiary/aromatic N) is 4. The molecule has 4 heterocycles. The first-order valence-electron chi connectivity index (χ1n) is 10.4. The van der Waals surface area contributed by atoms with Gasteiger partial charge in [0.1, 0.15) is 10.6 Å². The lowest BCUT2D eigenvalue weighted by Crippen LogP contribution is -2.41. The molecule has 30 heavy (non-hydrogen) atoms. The summed E-state index contributed by atoms with van der Waals surface area (Å²) >= 11 is 1.79. The van der Waals surface area contributed by atoms with Crippen molar-refractivity contribution in [1.29, 1.82) is 0 Å². The van der Waals surface area contributed by atoms with Crippen LogP contribution in [0.25, 0.3) is 21.6 Å². The van der Waals surface area contributed by atoms with E-state index in [4.69, 9.17) is 14.7 Å². The zero-order valence-electron chi connectivity index (χ0n) is 16.9. The molecule has 0 amide bonds. The second-order valence-corrected chi connectivity index (χ2v) is 9.03. The summed E-state index contributed by atoms with van der Waals surface area (Å²) in [5.74, 6) is 1.04. The van der Waals surface area contributed by atoms with E-state index < -0.39 is 12.1 Å². The Morgan fingerprint density at radius 2 is 2.13 bits per heavy atom. The van der Waals surface area contributed by atoms with Gasteiger partial charge in [-0.1, -0.05) is 0 Å². The molecule has 0 bridgehead atoms. The minimum Gasteiger partial charge on any atom is -0.467 e. The quantitative estimate of drug-likeness (QED) is 0.644. The first-order valence-corrected chi connectivity index (χ1v) is 11.2. The van der Waals surface area contributed by atoms with Crippen molar-refractivity contribution in [3.8, 4) is 11.4 Å². The fourth-order valence-corrected chi connectivity index (χ4v) is 5.83. The second kappa shape index (κ2) is 7.92. The number of esters is 1. The Kier molecular flexibility index (Phi) is 5.12. The highest BCUT2D eigenvalue weighted by molar-refractivity contribution is 7.19. The highest BCUT2D eigenvalue weighted by atomic mass is 32.1. The zero-order valence-corrected chi connectivity index (χ0v) is 17.7. The molecule has 0 aromatic carbocycles. The van der Waals surface area contributed by atoms with Crippen LogP contribution in [0.1, 0.15) is 29.7 Å². The molecule has 3 aromatic heterocycles. The van der Waals surface area contributed by atoms with Crippen molar-refractivity contribution in [3.63, 3.8) is 0 Å². The number of pyridine rings is 1. The molecule has 156 valence electrons. The van der Waals surface area contributed by atoms with Crippen LogP contribution in [0.5, 0.6) is 0 Å². The third-order valence-corrected chi connectivity index (χ3v) is 7.38. The van der Waals surface area contributed by atoms with E-state index in [1.54, 1.807) is 23.7 Å². The first-order chi connectivity index (χ1) is 14.7. The van der Waals surface area contributed by atoms with Crippen LogP contribution in [-0.4, -0.2) is 52.3 Å². The molecular weight excluding hydrogens is 400 g/mol. The van der Waals surface area contributed by atoms with Crippen molar-refractivity contribution in [2.45, 2.75) is 38.2 Å². The van der Waals surface area contributed by atoms with Crippen LogP contribution in [-0.2, 0) is 22.4 Å². The maximum Gasteiger partial charge on any atom is 0.334 e. The molecule has 5 rings (SSSR count). The number of aryl methyl sites for hydroxylation is 2. The minimum atomic E-state index is -1.06. The second-order valence-electron chi connectivity index (χ2n) is 7.94. The van der Waals surface area contributed by atoms with Gasteiger partial charge < -0.3 is 14.7 Å². The molecule has 1 aliphatic heterocycles. The molecule has 7 nitrogen and oxygen atoms in total. The maximum atomic E-state index is 11.7. The number of rotatable bonds is 4. The highest BCUT2D eigenvalue weighted by Crippen LogP contribution is 2.42. The van der Waals surface area contributed by atoms with Crippen LogP contribution in [0.2, 0.25) is 0 Å². The van der Waals surface area contributed by atoms with E-state index in [9.17, 15) is 9.90 Å². The van der Waals surface area contributed by atoms with Crippen LogP contribution < -0.4 is 4.90 Å². The Morgan fingerprint density at radius 3 is 2.87 bits per heavy atom. The Morgan fingerprint density at radius 1 is 1.30 bits per heavy atom. The van der Waals surface area contributed by atoms with Gasteiger partial charge in [-0.25, -0.2) is 14.8 Å². The van der Waals surface area contributed by atoms with E-state index in [2.05, 4.69) is 9.88 Å². The highest BCUT2D eigenvalue weighted by Gasteiger charge is 2.32. The van der Waals surface area contributed by atoms with Gasteiger partial charge in [-0.3, -0.25) is 4.98 Å². The molecule has 1 unspecified atom stereocenters. The number of aliphatic hydroxyl groups is 1. The van der Waals surface area contributed by atoms with Crippen LogP contribution in [0, 0.1) is 5.92 Å². The number of hydrogen-bond donors (Lipinski definition) is 1. The van der Waals surface area contributed by atoms with Gasteiger partial charge in [0.05, 0.1) is 12.5 Å². The summed E-state index contributed by atoms with van der Waals surface area (Å²) in [5.41, 5.74) is 2.31. The molecule has 1 fully saturated rings. The third kappa shape index (κ3) is 3.33. The molecule has 0 radical (unpaired) electrons. The molecule has 0 spiro atoms. The van der Waals surface area contributed by atoms with E-state index in [1.165, 1.54) is 29.4 Å². The fourth-order valence-electron chi connectivity index (χ4n) is 4.57. The van der Waals surface area contributed by atoms with Crippen LogP contribution >= 0.6 is 11.3 Å². The van der Waals surface area contributed by atoms with Gasteiger partial charge in [0.2, 0.25) is 0 Å². The van der Waals surface area contributed by atoms with Crippen molar-refractivity contribution in [2.24, 2.45) is 5.92 Å². The normalized spacial score (nSPS) is 17.9. The molecule has 0 saturated carbocycles. The van der Waals surface area contributed by atoms with E-state index in [0.29, 0.717) is 5.82 Å². The lowest BCUT2D eigenvalue weighted by molar-refractivity contribution is -0.153. The molecule has 3 aromatic rings. The van der Waals surface area contributed by atoms with Gasteiger partial charge in [0, 0.05) is 35.9 Å². The number of carbonyl (C=O) groups excluding carboxylic acids is 1. The summed E-state index contributed by atoms with van der Waals surface area (Å²) in [6.45, 7) is 1.48. The van der Waals surface area contributed by atoms with Crippen molar-refractivity contribution >= 4 is 33.3 Å². The van der Waals surface area contributed by atoms with Crippen molar-refractivity contribution < 1.29 is 14.6 Å². The smallest absolute Gasteiger partial charge is 0.334 e. The average Bonchev–Trinajstić information content (AvgIpc) is 3.39. The number of hydrogen-bond acceptors (Lipinski definition) is 8. The van der Waals surface area contributed by atoms with Crippen molar-refractivity contribution in [1.82, 2.24) is 15.0 Å². The van der Waals surface area contributed by atoms with E-state index in [0.717, 1.165) is 55.0 Å². The summed E-state index contributed by atoms with van der Waals surface area (Å²) in [6, 6.07) is 3.88. The summed E-state index contributed by atoms with van der Waals surface area (Å²) < 4.78 is 4.71. The van der Waals surface area contributed by atoms with Gasteiger partial charge >= 0.3 is 5.97 Å². The summed E-state index contributed by atoms with van der Waals surface area (Å²) in [4.78, 5) is 30.6. The third-order valence-electron chi connectivity index (χ3n) is 6.19. The minimum absolute atomic E-state index is 0.0861. The van der Waals surface area contributed by atoms with Crippen LogP contribution in [0.4, 0.5) is 5.82 Å². The van der Waals surface area contributed by atoms with E-state index in [-0.39, 0.29) is 5.92 Å². The molecule has 1 aliphatic carbocycles. The maximum absolute atomic E-state index is 11.7. The SMILES string of the molecule is COC(=O)C(O)C1CCN(c2nc(-c3cccnc3)nc3sc4c(c23)CCC4)CC1. The lowest BCUT2D eigenvalue weighted by Gasteiger charge is -2.34. The Labute approximate surface area is 178 Å². The number of methoxy groups -OCH3 is 1. The number of fused-ring (bicyclic) bond motifs is 3. The summed E-state index contributed by atoms with van der Waals surface area (Å²) in [5, 5.41) is 11.4. The average molecular weight is 425 g/mol. The number of thiophene rings is 1. The monoisotopic (exact) mass is 424 g/mol.